The smallest absolute Gasteiger partial charge is 0.338 e. The number of rotatable bonds is 6. The van der Waals surface area contributed by atoms with E-state index in [1.54, 1.807) is 60.7 Å². The Kier molecular flexibility index (Phi) is 7.59. The molecule has 3 N–H and O–H groups in total. The summed E-state index contributed by atoms with van der Waals surface area (Å²) in [6.45, 7) is 5.70. The lowest BCUT2D eigenvalue weighted by Crippen LogP contribution is -2.49. The number of hydrogen-bond acceptors (Lipinski definition) is 10. The van der Waals surface area contributed by atoms with Gasteiger partial charge in [-0.3, -0.25) is 4.57 Å². The highest BCUT2D eigenvalue weighted by Crippen LogP contribution is 2.42. The Hall–Kier alpha value is -4.57. The molecule has 210 valence electrons. The van der Waals surface area contributed by atoms with Crippen molar-refractivity contribution in [1.82, 2.24) is 19.5 Å². The zero-order valence-corrected chi connectivity index (χ0v) is 23.7. The highest BCUT2D eigenvalue weighted by Gasteiger charge is 2.59. The van der Waals surface area contributed by atoms with E-state index in [-0.39, 0.29) is 23.8 Å². The molecular weight excluding hydrogens is 542 g/mol. The maximum Gasteiger partial charge on any atom is 0.338 e. The third-order valence-corrected chi connectivity index (χ3v) is 7.18. The largest absolute Gasteiger partial charge is 0.459 e. The van der Waals surface area contributed by atoms with Crippen LogP contribution in [0, 0.1) is 11.5 Å². The number of fused-ring (bicyclic) bond motifs is 1. The molecule has 2 aromatic heterocycles. The summed E-state index contributed by atoms with van der Waals surface area (Å²) in [5.41, 5.74) is 8.23. The summed E-state index contributed by atoms with van der Waals surface area (Å²) in [7, 11) is -2.06. The zero-order valence-electron chi connectivity index (χ0n) is 22.7. The van der Waals surface area contributed by atoms with E-state index in [4.69, 9.17) is 19.9 Å². The van der Waals surface area contributed by atoms with E-state index >= 15 is 0 Å². The summed E-state index contributed by atoms with van der Waals surface area (Å²) in [6.07, 6.45) is -0.845. The van der Waals surface area contributed by atoms with Gasteiger partial charge in [0.1, 0.15) is 26.3 Å². The molecule has 2 aromatic carbocycles. The van der Waals surface area contributed by atoms with Gasteiger partial charge in [-0.2, -0.15) is 4.98 Å². The Morgan fingerprint density at radius 1 is 1.05 bits per heavy atom. The third-order valence-electron chi connectivity index (χ3n) is 6.31. The molecule has 4 atom stereocenters. The summed E-state index contributed by atoms with van der Waals surface area (Å²) in [4.78, 5) is 38.6. The van der Waals surface area contributed by atoms with Crippen LogP contribution in [0.2, 0.25) is 19.6 Å². The Morgan fingerprint density at radius 3 is 2.32 bits per heavy atom. The van der Waals surface area contributed by atoms with E-state index in [1.807, 2.05) is 19.6 Å². The number of benzene rings is 2. The van der Waals surface area contributed by atoms with Crippen molar-refractivity contribution in [3.05, 3.63) is 84.3 Å². The SMILES string of the molecule is C[Si](C)(C)C#C[C@]1(O)C(n2cnc3cnc(N)nc32)O[C@H](COC(=O)c2ccccc2)[C@H]1OC(=O)c1ccccc1. The minimum atomic E-state index is -2.08. The first kappa shape index (κ1) is 28.0. The van der Waals surface area contributed by atoms with Gasteiger partial charge in [0.15, 0.2) is 18.0 Å². The van der Waals surface area contributed by atoms with Crippen LogP contribution in [0.15, 0.2) is 73.2 Å². The van der Waals surface area contributed by atoms with E-state index in [0.29, 0.717) is 11.1 Å². The quantitative estimate of drug-likeness (QED) is 0.201. The van der Waals surface area contributed by atoms with Crippen LogP contribution in [0.4, 0.5) is 5.95 Å². The molecule has 1 fully saturated rings. The molecule has 11 nitrogen and oxygen atoms in total. The van der Waals surface area contributed by atoms with Gasteiger partial charge in [0.25, 0.3) is 0 Å². The molecular formula is C29H29N5O6Si. The Morgan fingerprint density at radius 2 is 1.68 bits per heavy atom. The molecule has 0 bridgehead atoms. The maximum absolute atomic E-state index is 13.3. The molecule has 1 aliphatic rings. The van der Waals surface area contributed by atoms with Crippen molar-refractivity contribution < 1.29 is 28.9 Å². The van der Waals surface area contributed by atoms with E-state index in [0.717, 1.165) is 0 Å². The molecule has 1 saturated heterocycles. The van der Waals surface area contributed by atoms with Gasteiger partial charge in [-0.25, -0.2) is 19.6 Å². The standard InChI is InChI=1S/C29H29N5O6Si/c1-41(2,3)15-14-29(37)23(40-26(36)20-12-8-5-9-13-20)22(17-38-25(35)19-10-6-4-7-11-19)39-27(29)34-18-32-21-16-31-28(30)33-24(21)34/h4-13,16,18,22-23,27,37H,17H2,1-3H3,(H2,30,31,33)/t22-,23-,27?,29-/m1/s1. The molecule has 5 rings (SSSR count). The van der Waals surface area contributed by atoms with E-state index in [9.17, 15) is 14.7 Å². The predicted octanol–water partition coefficient (Wildman–Crippen LogP) is 3.00. The topological polar surface area (TPSA) is 152 Å². The minimum absolute atomic E-state index is 0.00522. The van der Waals surface area contributed by atoms with Crippen molar-refractivity contribution in [3.63, 3.8) is 0 Å². The number of ether oxygens (including phenoxy) is 3. The fourth-order valence-electron chi connectivity index (χ4n) is 4.34. The summed E-state index contributed by atoms with van der Waals surface area (Å²) >= 11 is 0. The number of nitrogens with zero attached hydrogens (tertiary/aromatic N) is 4. The van der Waals surface area contributed by atoms with Gasteiger partial charge >= 0.3 is 11.9 Å². The number of anilines is 1. The van der Waals surface area contributed by atoms with Crippen LogP contribution in [0.3, 0.4) is 0 Å². The fourth-order valence-corrected chi connectivity index (χ4v) is 4.91. The normalized spacial score (nSPS) is 22.1. The van der Waals surface area contributed by atoms with E-state index in [2.05, 4.69) is 26.4 Å². The molecule has 0 spiro atoms. The number of carbonyl (C=O) groups excluding carboxylic acids is 2. The molecule has 41 heavy (non-hydrogen) atoms. The first-order valence-corrected chi connectivity index (χ1v) is 16.4. The van der Waals surface area contributed by atoms with Crippen LogP contribution in [-0.2, 0) is 14.2 Å². The van der Waals surface area contributed by atoms with Gasteiger partial charge in [0, 0.05) is 0 Å². The van der Waals surface area contributed by atoms with Gasteiger partial charge in [-0.15, -0.1) is 5.54 Å². The van der Waals surface area contributed by atoms with Crippen LogP contribution in [0.5, 0.6) is 0 Å². The predicted molar refractivity (Wildman–Crippen MR) is 152 cm³/mol. The van der Waals surface area contributed by atoms with Gasteiger partial charge < -0.3 is 25.1 Å². The second kappa shape index (κ2) is 11.1. The van der Waals surface area contributed by atoms with E-state index < -0.39 is 44.0 Å². The monoisotopic (exact) mass is 571 g/mol. The lowest BCUT2D eigenvalue weighted by Gasteiger charge is -2.29. The summed E-state index contributed by atoms with van der Waals surface area (Å²) in [5, 5.41) is 12.3. The fraction of sp³-hybridized carbons (Fsp3) is 0.276. The Bertz CT molecular complexity index is 1630. The first-order valence-electron chi connectivity index (χ1n) is 12.9. The van der Waals surface area contributed by atoms with Crippen LogP contribution >= 0.6 is 0 Å². The number of hydrogen-bond donors (Lipinski definition) is 2. The summed E-state index contributed by atoms with van der Waals surface area (Å²) in [5.74, 6) is 1.67. The van der Waals surface area contributed by atoms with Crippen LogP contribution in [0.1, 0.15) is 26.9 Å². The van der Waals surface area contributed by atoms with Crippen LogP contribution in [-0.4, -0.2) is 69.1 Å². The first-order chi connectivity index (χ1) is 19.5. The van der Waals surface area contributed by atoms with Crippen molar-refractivity contribution >= 4 is 37.1 Å². The molecule has 1 aliphatic heterocycles. The molecule has 12 heteroatoms. The van der Waals surface area contributed by atoms with Crippen LogP contribution < -0.4 is 5.73 Å². The molecule has 0 aliphatic carbocycles. The van der Waals surface area contributed by atoms with Crippen molar-refractivity contribution in [2.45, 2.75) is 43.7 Å². The number of nitrogens with two attached hydrogens (primary N) is 1. The maximum atomic E-state index is 13.3. The molecule has 4 aromatic rings. The number of aromatic nitrogens is 4. The average Bonchev–Trinajstić information content (AvgIpc) is 3.49. The lowest BCUT2D eigenvalue weighted by molar-refractivity contribution is -0.0744. The highest BCUT2D eigenvalue weighted by molar-refractivity contribution is 6.83. The molecule has 3 heterocycles. The van der Waals surface area contributed by atoms with Gasteiger partial charge in [0.2, 0.25) is 11.5 Å². The van der Waals surface area contributed by atoms with Crippen LogP contribution in [0.25, 0.3) is 11.2 Å². The molecule has 0 saturated carbocycles. The summed E-state index contributed by atoms with van der Waals surface area (Å²) < 4.78 is 19.2. The van der Waals surface area contributed by atoms with Gasteiger partial charge in [0.05, 0.1) is 23.7 Å². The van der Waals surface area contributed by atoms with Crippen molar-refractivity contribution in [2.75, 3.05) is 12.3 Å². The minimum Gasteiger partial charge on any atom is -0.459 e. The van der Waals surface area contributed by atoms with Gasteiger partial charge in [-0.1, -0.05) is 62.0 Å². The van der Waals surface area contributed by atoms with Crippen molar-refractivity contribution in [3.8, 4) is 11.5 Å². The third kappa shape index (κ3) is 5.97. The van der Waals surface area contributed by atoms with E-state index in [1.165, 1.54) is 17.1 Å². The average molecular weight is 572 g/mol. The molecule has 0 radical (unpaired) electrons. The summed E-state index contributed by atoms with van der Waals surface area (Å²) in [6, 6.07) is 16.8. The number of carbonyl (C=O) groups is 2. The number of esters is 2. The number of nitrogen functional groups attached to an aromatic ring is 1. The lowest BCUT2D eigenvalue weighted by atomic mass is 9.94. The molecule has 0 amide bonds. The number of imidazole rings is 1. The zero-order chi connectivity index (χ0) is 29.2. The number of aliphatic hydroxyl groups is 1. The Balaban J connectivity index is 1.57. The van der Waals surface area contributed by atoms with Gasteiger partial charge in [-0.05, 0) is 24.3 Å². The highest BCUT2D eigenvalue weighted by atomic mass is 28.3. The van der Waals surface area contributed by atoms with Crippen molar-refractivity contribution in [1.29, 1.82) is 0 Å². The second-order valence-electron chi connectivity index (χ2n) is 10.6. The van der Waals surface area contributed by atoms with Crippen molar-refractivity contribution in [2.24, 2.45) is 0 Å². The second-order valence-corrected chi connectivity index (χ2v) is 15.3. The Labute approximate surface area is 237 Å². The molecule has 1 unspecified atom stereocenters.